The Bertz CT molecular complexity index is 260. The molecule has 1 fully saturated rings. The third-order valence-corrected chi connectivity index (χ3v) is 3.16. The SMILES string of the molecule is C[C@H]1CC(CO)C[C@H](C)N1C(=O)OC(C)(C)C. The minimum atomic E-state index is -0.454. The van der Waals surface area contributed by atoms with Crippen molar-refractivity contribution < 1.29 is 14.6 Å². The van der Waals surface area contributed by atoms with Crippen LogP contribution in [0.25, 0.3) is 0 Å². The Morgan fingerprint density at radius 1 is 1.29 bits per heavy atom. The zero-order valence-electron chi connectivity index (χ0n) is 11.6. The fourth-order valence-electron chi connectivity index (χ4n) is 2.55. The maximum atomic E-state index is 12.1. The summed E-state index contributed by atoms with van der Waals surface area (Å²) in [5.74, 6) is 0.304. The number of aliphatic hydroxyl groups is 1. The molecule has 4 heteroatoms. The van der Waals surface area contributed by atoms with E-state index in [-0.39, 0.29) is 24.8 Å². The Morgan fingerprint density at radius 2 is 1.76 bits per heavy atom. The average Bonchev–Trinajstić information content (AvgIpc) is 2.13. The van der Waals surface area contributed by atoms with Crippen molar-refractivity contribution in [2.45, 2.75) is 65.1 Å². The van der Waals surface area contributed by atoms with Gasteiger partial charge in [-0.05, 0) is 53.4 Å². The van der Waals surface area contributed by atoms with Gasteiger partial charge in [-0.15, -0.1) is 0 Å². The molecular weight excluding hydrogens is 218 g/mol. The Morgan fingerprint density at radius 3 is 2.12 bits per heavy atom. The molecule has 2 atom stereocenters. The van der Waals surface area contributed by atoms with Gasteiger partial charge in [0.1, 0.15) is 5.60 Å². The summed E-state index contributed by atoms with van der Waals surface area (Å²) in [5.41, 5.74) is -0.454. The number of hydrogen-bond donors (Lipinski definition) is 1. The highest BCUT2D eigenvalue weighted by molar-refractivity contribution is 5.69. The van der Waals surface area contributed by atoms with Crippen LogP contribution in [-0.4, -0.2) is 40.4 Å². The molecule has 0 aromatic heterocycles. The van der Waals surface area contributed by atoms with E-state index in [2.05, 4.69) is 0 Å². The summed E-state index contributed by atoms with van der Waals surface area (Å²) in [6, 6.07) is 0.261. The topological polar surface area (TPSA) is 49.8 Å². The molecule has 1 amide bonds. The third-order valence-electron chi connectivity index (χ3n) is 3.16. The maximum Gasteiger partial charge on any atom is 0.410 e. The number of amides is 1. The molecule has 0 bridgehead atoms. The number of rotatable bonds is 1. The molecule has 1 aliphatic heterocycles. The van der Waals surface area contributed by atoms with Crippen molar-refractivity contribution >= 4 is 6.09 Å². The quantitative estimate of drug-likeness (QED) is 0.769. The lowest BCUT2D eigenvalue weighted by Crippen LogP contribution is -2.51. The Labute approximate surface area is 104 Å². The number of carbonyl (C=O) groups is 1. The van der Waals surface area contributed by atoms with Crippen LogP contribution in [0.5, 0.6) is 0 Å². The van der Waals surface area contributed by atoms with E-state index in [9.17, 15) is 9.90 Å². The van der Waals surface area contributed by atoms with Gasteiger partial charge in [-0.1, -0.05) is 0 Å². The lowest BCUT2D eigenvalue weighted by molar-refractivity contribution is -0.0119. The minimum Gasteiger partial charge on any atom is -0.444 e. The molecule has 4 nitrogen and oxygen atoms in total. The van der Waals surface area contributed by atoms with Crippen molar-refractivity contribution in [1.29, 1.82) is 0 Å². The Kier molecular flexibility index (Phi) is 4.42. The van der Waals surface area contributed by atoms with Gasteiger partial charge in [-0.25, -0.2) is 4.79 Å². The number of ether oxygens (including phenoxy) is 1. The summed E-state index contributed by atoms with van der Waals surface area (Å²) in [4.78, 5) is 13.9. The van der Waals surface area contributed by atoms with Crippen LogP contribution in [0, 0.1) is 5.92 Å². The van der Waals surface area contributed by atoms with Gasteiger partial charge in [0.15, 0.2) is 0 Å². The van der Waals surface area contributed by atoms with E-state index in [0.717, 1.165) is 12.8 Å². The highest BCUT2D eigenvalue weighted by Crippen LogP contribution is 2.28. The van der Waals surface area contributed by atoms with Gasteiger partial charge in [0, 0.05) is 18.7 Å². The first kappa shape index (κ1) is 14.3. The number of nitrogens with zero attached hydrogens (tertiary/aromatic N) is 1. The van der Waals surface area contributed by atoms with Crippen molar-refractivity contribution in [3.8, 4) is 0 Å². The molecule has 1 rings (SSSR count). The molecule has 1 heterocycles. The van der Waals surface area contributed by atoms with Gasteiger partial charge in [-0.3, -0.25) is 0 Å². The first-order chi connectivity index (χ1) is 7.74. The Hall–Kier alpha value is -0.770. The lowest BCUT2D eigenvalue weighted by atomic mass is 9.88. The van der Waals surface area contributed by atoms with Crippen LogP contribution in [0.2, 0.25) is 0 Å². The smallest absolute Gasteiger partial charge is 0.410 e. The minimum absolute atomic E-state index is 0.130. The molecule has 0 unspecified atom stereocenters. The average molecular weight is 243 g/mol. The van der Waals surface area contributed by atoms with Gasteiger partial charge < -0.3 is 14.7 Å². The summed E-state index contributed by atoms with van der Waals surface area (Å²) in [7, 11) is 0. The van der Waals surface area contributed by atoms with Crippen molar-refractivity contribution in [1.82, 2.24) is 4.90 Å². The predicted octanol–water partition coefficient (Wildman–Crippen LogP) is 2.40. The number of hydrogen-bond acceptors (Lipinski definition) is 3. The van der Waals surface area contributed by atoms with Crippen LogP contribution < -0.4 is 0 Å². The highest BCUT2D eigenvalue weighted by atomic mass is 16.6. The number of piperidine rings is 1. The van der Waals surface area contributed by atoms with Crippen LogP contribution in [0.1, 0.15) is 47.5 Å². The van der Waals surface area contributed by atoms with Crippen LogP contribution in [0.15, 0.2) is 0 Å². The van der Waals surface area contributed by atoms with E-state index >= 15 is 0 Å². The summed E-state index contributed by atoms with van der Waals surface area (Å²) in [6.07, 6.45) is 1.45. The monoisotopic (exact) mass is 243 g/mol. The largest absolute Gasteiger partial charge is 0.444 e. The Balaban J connectivity index is 2.67. The van der Waals surface area contributed by atoms with Crippen molar-refractivity contribution in [2.24, 2.45) is 5.92 Å². The van der Waals surface area contributed by atoms with Crippen LogP contribution in [-0.2, 0) is 4.74 Å². The molecule has 0 aliphatic carbocycles. The van der Waals surface area contributed by atoms with Gasteiger partial charge in [0.2, 0.25) is 0 Å². The van der Waals surface area contributed by atoms with E-state index in [1.807, 2.05) is 34.6 Å². The summed E-state index contributed by atoms with van der Waals surface area (Å²) < 4.78 is 5.41. The number of carbonyl (C=O) groups excluding carboxylic acids is 1. The molecular formula is C13H25NO3. The van der Waals surface area contributed by atoms with E-state index in [4.69, 9.17) is 4.74 Å². The second-order valence-electron chi connectivity index (χ2n) is 6.11. The van der Waals surface area contributed by atoms with E-state index in [0.29, 0.717) is 5.92 Å². The van der Waals surface area contributed by atoms with Gasteiger partial charge >= 0.3 is 6.09 Å². The molecule has 17 heavy (non-hydrogen) atoms. The molecule has 1 N–H and O–H groups in total. The molecule has 0 saturated carbocycles. The first-order valence-electron chi connectivity index (χ1n) is 6.36. The van der Waals surface area contributed by atoms with Crippen molar-refractivity contribution in [3.05, 3.63) is 0 Å². The first-order valence-corrected chi connectivity index (χ1v) is 6.36. The van der Waals surface area contributed by atoms with Gasteiger partial charge in [-0.2, -0.15) is 0 Å². The summed E-state index contributed by atoms with van der Waals surface area (Å²) in [6.45, 7) is 9.86. The standard InChI is InChI=1S/C13H25NO3/c1-9-6-11(8-15)7-10(2)14(9)12(16)17-13(3,4)5/h9-11,15H,6-8H2,1-5H3/t9-,10-/m0/s1. The number of likely N-dealkylation sites (tertiary alicyclic amines) is 1. The second kappa shape index (κ2) is 5.25. The molecule has 0 spiro atoms. The summed E-state index contributed by atoms with van der Waals surface area (Å²) in [5, 5.41) is 9.20. The van der Waals surface area contributed by atoms with Crippen molar-refractivity contribution in [3.63, 3.8) is 0 Å². The fraction of sp³-hybridized carbons (Fsp3) is 0.923. The highest BCUT2D eigenvalue weighted by Gasteiger charge is 2.35. The molecule has 1 saturated heterocycles. The van der Waals surface area contributed by atoms with E-state index in [1.54, 1.807) is 4.90 Å². The third kappa shape index (κ3) is 3.87. The van der Waals surface area contributed by atoms with E-state index in [1.165, 1.54) is 0 Å². The van der Waals surface area contributed by atoms with Crippen LogP contribution >= 0.6 is 0 Å². The molecule has 0 aromatic rings. The maximum absolute atomic E-state index is 12.1. The van der Waals surface area contributed by atoms with Crippen molar-refractivity contribution in [2.75, 3.05) is 6.61 Å². The molecule has 100 valence electrons. The van der Waals surface area contributed by atoms with Crippen LogP contribution in [0.4, 0.5) is 4.79 Å². The van der Waals surface area contributed by atoms with Crippen LogP contribution in [0.3, 0.4) is 0 Å². The zero-order chi connectivity index (χ0) is 13.2. The zero-order valence-corrected chi connectivity index (χ0v) is 11.6. The fourth-order valence-corrected chi connectivity index (χ4v) is 2.55. The molecule has 0 aromatic carbocycles. The predicted molar refractivity (Wildman–Crippen MR) is 66.8 cm³/mol. The summed E-state index contributed by atoms with van der Waals surface area (Å²) >= 11 is 0. The second-order valence-corrected chi connectivity index (χ2v) is 6.11. The van der Waals surface area contributed by atoms with Gasteiger partial charge in [0.25, 0.3) is 0 Å². The van der Waals surface area contributed by atoms with E-state index < -0.39 is 5.60 Å². The number of aliphatic hydroxyl groups excluding tert-OH is 1. The normalized spacial score (nSPS) is 30.2. The molecule has 0 radical (unpaired) electrons. The lowest BCUT2D eigenvalue weighted by Gasteiger charge is -2.42. The van der Waals surface area contributed by atoms with Gasteiger partial charge in [0.05, 0.1) is 0 Å². The molecule has 1 aliphatic rings.